The van der Waals surface area contributed by atoms with Gasteiger partial charge in [0.05, 0.1) is 18.6 Å². The highest BCUT2D eigenvalue weighted by molar-refractivity contribution is 5.76. The van der Waals surface area contributed by atoms with Crippen molar-refractivity contribution in [2.45, 2.75) is 25.9 Å². The maximum atomic E-state index is 12.3. The van der Waals surface area contributed by atoms with Crippen LogP contribution in [0.25, 0.3) is 0 Å². The lowest BCUT2D eigenvalue weighted by molar-refractivity contribution is -0.143. The van der Waals surface area contributed by atoms with Crippen LogP contribution in [0.2, 0.25) is 0 Å². The van der Waals surface area contributed by atoms with E-state index < -0.39 is 11.9 Å². The summed E-state index contributed by atoms with van der Waals surface area (Å²) in [5, 5.41) is 9.02. The molecular formula is C12H20N2O4. The Morgan fingerprint density at radius 2 is 1.94 bits per heavy atom. The van der Waals surface area contributed by atoms with Crippen LogP contribution in [0.1, 0.15) is 19.8 Å². The molecule has 0 aliphatic carbocycles. The third-order valence-corrected chi connectivity index (χ3v) is 3.55. The molecule has 0 radical (unpaired) electrons. The number of amides is 2. The Balaban J connectivity index is 1.93. The molecule has 2 fully saturated rings. The van der Waals surface area contributed by atoms with Crippen LogP contribution in [0.5, 0.6) is 0 Å². The molecule has 2 unspecified atom stereocenters. The van der Waals surface area contributed by atoms with E-state index in [0.717, 1.165) is 6.42 Å². The van der Waals surface area contributed by atoms with E-state index in [2.05, 4.69) is 0 Å². The van der Waals surface area contributed by atoms with Crippen LogP contribution in [0.4, 0.5) is 4.79 Å². The molecule has 0 aromatic rings. The van der Waals surface area contributed by atoms with Crippen molar-refractivity contribution in [1.29, 1.82) is 0 Å². The van der Waals surface area contributed by atoms with E-state index in [1.807, 2.05) is 6.92 Å². The Labute approximate surface area is 106 Å². The van der Waals surface area contributed by atoms with E-state index in [0.29, 0.717) is 39.2 Å². The molecule has 0 saturated carbocycles. The van der Waals surface area contributed by atoms with Gasteiger partial charge in [0.2, 0.25) is 0 Å². The third-order valence-electron chi connectivity index (χ3n) is 3.55. The molecule has 102 valence electrons. The summed E-state index contributed by atoms with van der Waals surface area (Å²) < 4.78 is 5.40. The number of aliphatic carboxylic acids is 1. The smallest absolute Gasteiger partial charge is 0.320 e. The largest absolute Gasteiger partial charge is 0.481 e. The summed E-state index contributed by atoms with van der Waals surface area (Å²) in [7, 11) is 0. The fourth-order valence-corrected chi connectivity index (χ4v) is 2.54. The summed E-state index contributed by atoms with van der Waals surface area (Å²) >= 11 is 0. The lowest BCUT2D eigenvalue weighted by atomic mass is 9.98. The van der Waals surface area contributed by atoms with Gasteiger partial charge in [-0.1, -0.05) is 0 Å². The minimum Gasteiger partial charge on any atom is -0.481 e. The Kier molecular flexibility index (Phi) is 4.06. The molecule has 0 bridgehead atoms. The number of likely N-dealkylation sites (tertiary alicyclic amines) is 1. The second-order valence-electron chi connectivity index (χ2n) is 5.03. The van der Waals surface area contributed by atoms with Crippen molar-refractivity contribution < 1.29 is 19.4 Å². The molecule has 2 heterocycles. The van der Waals surface area contributed by atoms with E-state index in [1.165, 1.54) is 0 Å². The predicted octanol–water partition coefficient (Wildman–Crippen LogP) is 0.624. The van der Waals surface area contributed by atoms with Gasteiger partial charge in [0.25, 0.3) is 0 Å². The summed E-state index contributed by atoms with van der Waals surface area (Å²) in [6.07, 6.45) is 1.49. The topological polar surface area (TPSA) is 70.1 Å². The number of carboxylic acid groups (broad SMARTS) is 1. The van der Waals surface area contributed by atoms with Crippen molar-refractivity contribution in [2.75, 3.05) is 32.8 Å². The Morgan fingerprint density at radius 3 is 2.61 bits per heavy atom. The van der Waals surface area contributed by atoms with Gasteiger partial charge in [-0.15, -0.1) is 0 Å². The van der Waals surface area contributed by atoms with Gasteiger partial charge in [0.15, 0.2) is 0 Å². The number of carbonyl (C=O) groups excluding carboxylic acids is 1. The first kappa shape index (κ1) is 13.1. The van der Waals surface area contributed by atoms with Gasteiger partial charge >= 0.3 is 12.0 Å². The van der Waals surface area contributed by atoms with Gasteiger partial charge < -0.3 is 19.6 Å². The first-order chi connectivity index (χ1) is 8.58. The molecule has 6 heteroatoms. The molecule has 2 aliphatic rings. The molecule has 0 spiro atoms. The maximum absolute atomic E-state index is 12.3. The summed E-state index contributed by atoms with van der Waals surface area (Å²) in [5.74, 6) is -1.22. The minimum absolute atomic E-state index is 0.0453. The van der Waals surface area contributed by atoms with Crippen LogP contribution < -0.4 is 0 Å². The normalized spacial score (nSPS) is 29.2. The van der Waals surface area contributed by atoms with Gasteiger partial charge in [-0.2, -0.15) is 0 Å². The first-order valence-electron chi connectivity index (χ1n) is 6.46. The molecule has 0 aromatic heterocycles. The zero-order valence-electron chi connectivity index (χ0n) is 10.7. The van der Waals surface area contributed by atoms with E-state index in [1.54, 1.807) is 9.80 Å². The molecule has 2 aliphatic heterocycles. The highest BCUT2D eigenvalue weighted by atomic mass is 16.5. The van der Waals surface area contributed by atoms with Crippen molar-refractivity contribution in [3.63, 3.8) is 0 Å². The van der Waals surface area contributed by atoms with Gasteiger partial charge in [-0.25, -0.2) is 4.79 Å². The lowest BCUT2D eigenvalue weighted by Gasteiger charge is -2.38. The monoisotopic (exact) mass is 256 g/mol. The van der Waals surface area contributed by atoms with E-state index in [4.69, 9.17) is 9.84 Å². The number of morpholine rings is 1. The number of rotatable bonds is 1. The summed E-state index contributed by atoms with van der Waals surface area (Å²) in [6, 6.07) is -0.0453. The van der Waals surface area contributed by atoms with E-state index in [-0.39, 0.29) is 12.1 Å². The van der Waals surface area contributed by atoms with E-state index >= 15 is 0 Å². The SMILES string of the molecule is CC1CN(C(=O)N2CCCC(C(=O)O)C2)CCO1. The number of urea groups is 1. The van der Waals surface area contributed by atoms with E-state index in [9.17, 15) is 9.59 Å². The fourth-order valence-electron chi connectivity index (χ4n) is 2.54. The van der Waals surface area contributed by atoms with Crippen molar-refractivity contribution in [3.8, 4) is 0 Å². The number of carbonyl (C=O) groups is 2. The maximum Gasteiger partial charge on any atom is 0.320 e. The number of hydrogen-bond donors (Lipinski definition) is 1. The minimum atomic E-state index is -0.803. The second kappa shape index (κ2) is 5.56. The zero-order valence-corrected chi connectivity index (χ0v) is 10.7. The molecule has 2 saturated heterocycles. The third kappa shape index (κ3) is 2.93. The van der Waals surface area contributed by atoms with Crippen molar-refractivity contribution in [3.05, 3.63) is 0 Å². The lowest BCUT2D eigenvalue weighted by Crippen LogP contribution is -2.53. The highest BCUT2D eigenvalue weighted by Gasteiger charge is 2.31. The van der Waals surface area contributed by atoms with Crippen LogP contribution in [0.15, 0.2) is 0 Å². The van der Waals surface area contributed by atoms with Crippen LogP contribution in [-0.2, 0) is 9.53 Å². The number of ether oxygens (including phenoxy) is 1. The van der Waals surface area contributed by atoms with Crippen LogP contribution in [-0.4, -0.2) is 65.8 Å². The molecule has 1 N–H and O–H groups in total. The van der Waals surface area contributed by atoms with Gasteiger partial charge in [0, 0.05) is 26.2 Å². The van der Waals surface area contributed by atoms with Crippen molar-refractivity contribution in [1.82, 2.24) is 9.80 Å². The van der Waals surface area contributed by atoms with Crippen LogP contribution >= 0.6 is 0 Å². The Morgan fingerprint density at radius 1 is 1.22 bits per heavy atom. The number of carboxylic acids is 1. The Bertz CT molecular complexity index is 334. The summed E-state index contributed by atoms with van der Waals surface area (Å²) in [5.41, 5.74) is 0. The molecule has 2 amide bonds. The standard InChI is InChI=1S/C12H20N2O4/c1-9-7-14(5-6-18-9)12(17)13-4-2-3-10(8-13)11(15)16/h9-10H,2-8H2,1H3,(H,15,16). The quantitative estimate of drug-likeness (QED) is 0.747. The summed E-state index contributed by atoms with van der Waals surface area (Å²) in [6.45, 7) is 4.68. The van der Waals surface area contributed by atoms with Crippen LogP contribution in [0, 0.1) is 5.92 Å². The van der Waals surface area contributed by atoms with Crippen LogP contribution in [0.3, 0.4) is 0 Å². The first-order valence-corrected chi connectivity index (χ1v) is 6.46. The molecular weight excluding hydrogens is 236 g/mol. The molecule has 2 atom stereocenters. The molecule has 0 aromatic carbocycles. The number of hydrogen-bond acceptors (Lipinski definition) is 3. The van der Waals surface area contributed by atoms with Gasteiger partial charge in [0.1, 0.15) is 0 Å². The molecule has 18 heavy (non-hydrogen) atoms. The highest BCUT2D eigenvalue weighted by Crippen LogP contribution is 2.18. The fraction of sp³-hybridized carbons (Fsp3) is 0.833. The average molecular weight is 256 g/mol. The van der Waals surface area contributed by atoms with Gasteiger partial charge in [-0.3, -0.25) is 4.79 Å². The summed E-state index contributed by atoms with van der Waals surface area (Å²) in [4.78, 5) is 26.7. The predicted molar refractivity (Wildman–Crippen MR) is 64.3 cm³/mol. The van der Waals surface area contributed by atoms with Crippen molar-refractivity contribution in [2.24, 2.45) is 5.92 Å². The Hall–Kier alpha value is -1.30. The molecule has 6 nitrogen and oxygen atoms in total. The number of piperidine rings is 1. The zero-order chi connectivity index (χ0) is 13.1. The second-order valence-corrected chi connectivity index (χ2v) is 5.03. The number of nitrogens with zero attached hydrogens (tertiary/aromatic N) is 2. The van der Waals surface area contributed by atoms with Gasteiger partial charge in [-0.05, 0) is 19.8 Å². The molecule has 2 rings (SSSR count). The average Bonchev–Trinajstić information content (AvgIpc) is 2.38. The van der Waals surface area contributed by atoms with Crippen molar-refractivity contribution >= 4 is 12.0 Å².